The Morgan fingerprint density at radius 1 is 1.35 bits per heavy atom. The molecule has 0 saturated heterocycles. The number of ketones is 1. The summed E-state index contributed by atoms with van der Waals surface area (Å²) in [5.74, 6) is -1.67. The van der Waals surface area contributed by atoms with Crippen LogP contribution in [0.2, 0.25) is 0 Å². The first kappa shape index (κ1) is 15.9. The summed E-state index contributed by atoms with van der Waals surface area (Å²) >= 11 is 0. The Balaban J connectivity index is 1.77. The second-order valence-corrected chi connectivity index (χ2v) is 6.80. The van der Waals surface area contributed by atoms with Gasteiger partial charge in [-0.05, 0) is 38.5 Å². The number of hydrogen-bond acceptors (Lipinski definition) is 5. The van der Waals surface area contributed by atoms with Crippen molar-refractivity contribution in [3.63, 3.8) is 0 Å². The second kappa shape index (κ2) is 5.58. The molecule has 5 heteroatoms. The molecule has 2 heterocycles. The maximum absolute atomic E-state index is 12.0. The third-order valence-corrected chi connectivity index (χ3v) is 3.91. The summed E-state index contributed by atoms with van der Waals surface area (Å²) in [7, 11) is 0. The summed E-state index contributed by atoms with van der Waals surface area (Å²) < 4.78 is 16.9. The number of fused-ring (bicyclic) bond motifs is 2. The van der Waals surface area contributed by atoms with E-state index in [0.29, 0.717) is 6.61 Å². The quantitative estimate of drug-likeness (QED) is 0.785. The lowest BCUT2D eigenvalue weighted by Gasteiger charge is -2.33. The third-order valence-electron chi connectivity index (χ3n) is 3.91. The molecule has 0 amide bonds. The van der Waals surface area contributed by atoms with Crippen LogP contribution >= 0.6 is 0 Å². The average molecular weight is 316 g/mol. The molecule has 2 aliphatic rings. The molecule has 2 aliphatic heterocycles. The van der Waals surface area contributed by atoms with Gasteiger partial charge in [0.15, 0.2) is 11.9 Å². The molecule has 1 aromatic rings. The van der Waals surface area contributed by atoms with Crippen LogP contribution in [-0.2, 0) is 36.2 Å². The standard InChI is InChI=1S/C18H20O5/c1-17(2,3)16(20)21-11-15-14(19)8-9-18(23-15)13-7-5-4-6-12(13)10-22-18/h4-9,15H,10-11H2,1-3H3/t15-,18-/m1/s1. The van der Waals surface area contributed by atoms with Crippen LogP contribution in [0.4, 0.5) is 0 Å². The molecule has 0 aliphatic carbocycles. The van der Waals surface area contributed by atoms with Crippen LogP contribution in [0.1, 0.15) is 31.9 Å². The van der Waals surface area contributed by atoms with Gasteiger partial charge in [0.05, 0.1) is 12.0 Å². The molecule has 3 rings (SSSR count). The first-order valence-electron chi connectivity index (χ1n) is 7.62. The minimum Gasteiger partial charge on any atom is -0.462 e. The Morgan fingerprint density at radius 3 is 2.83 bits per heavy atom. The molecule has 0 N–H and O–H groups in total. The number of esters is 1. The van der Waals surface area contributed by atoms with Crippen LogP contribution in [0.25, 0.3) is 0 Å². The van der Waals surface area contributed by atoms with E-state index in [0.717, 1.165) is 11.1 Å². The van der Waals surface area contributed by atoms with Gasteiger partial charge in [0.1, 0.15) is 6.61 Å². The number of hydrogen-bond donors (Lipinski definition) is 0. The largest absolute Gasteiger partial charge is 0.462 e. The Labute approximate surface area is 135 Å². The van der Waals surface area contributed by atoms with Crippen molar-refractivity contribution in [2.24, 2.45) is 5.41 Å². The van der Waals surface area contributed by atoms with E-state index in [1.54, 1.807) is 26.8 Å². The first-order chi connectivity index (χ1) is 10.8. The summed E-state index contributed by atoms with van der Waals surface area (Å²) in [5.41, 5.74) is 1.29. The molecule has 5 nitrogen and oxygen atoms in total. The normalized spacial score (nSPS) is 26.4. The highest BCUT2D eigenvalue weighted by Gasteiger charge is 2.45. The molecule has 0 radical (unpaired) electrons. The molecule has 2 atom stereocenters. The minimum absolute atomic E-state index is 0.118. The molecule has 0 saturated carbocycles. The van der Waals surface area contributed by atoms with Gasteiger partial charge in [0.25, 0.3) is 0 Å². The van der Waals surface area contributed by atoms with E-state index in [1.807, 2.05) is 24.3 Å². The zero-order chi connectivity index (χ0) is 16.7. The van der Waals surface area contributed by atoms with E-state index >= 15 is 0 Å². The lowest BCUT2D eigenvalue weighted by atomic mass is 9.97. The molecular weight excluding hydrogens is 296 g/mol. The molecule has 23 heavy (non-hydrogen) atoms. The van der Waals surface area contributed by atoms with E-state index in [9.17, 15) is 9.59 Å². The van der Waals surface area contributed by atoms with Gasteiger partial charge in [-0.1, -0.05) is 24.3 Å². The van der Waals surface area contributed by atoms with Gasteiger partial charge in [-0.25, -0.2) is 0 Å². The molecule has 1 aromatic carbocycles. The zero-order valence-electron chi connectivity index (χ0n) is 13.5. The number of ether oxygens (including phenoxy) is 3. The van der Waals surface area contributed by atoms with Gasteiger partial charge in [-0.15, -0.1) is 0 Å². The highest BCUT2D eigenvalue weighted by molar-refractivity contribution is 5.94. The SMILES string of the molecule is CC(C)(C)C(=O)OC[C@H]1O[C@@]2(C=CC1=O)OCc1ccccc12. The van der Waals surface area contributed by atoms with Gasteiger partial charge in [-0.3, -0.25) is 9.59 Å². The molecule has 0 bridgehead atoms. The van der Waals surface area contributed by atoms with Crippen LogP contribution in [0.15, 0.2) is 36.4 Å². The summed E-state index contributed by atoms with van der Waals surface area (Å²) in [6.07, 6.45) is 2.21. The van der Waals surface area contributed by atoms with Gasteiger partial charge in [-0.2, -0.15) is 0 Å². The van der Waals surface area contributed by atoms with Crippen molar-refractivity contribution in [2.45, 2.75) is 39.3 Å². The van der Waals surface area contributed by atoms with Crippen LogP contribution in [-0.4, -0.2) is 24.5 Å². The second-order valence-electron chi connectivity index (χ2n) is 6.80. The predicted octanol–water partition coefficient (Wildman–Crippen LogP) is 2.48. The molecule has 0 aromatic heterocycles. The highest BCUT2D eigenvalue weighted by atomic mass is 16.7. The number of rotatable bonds is 2. The van der Waals surface area contributed by atoms with Gasteiger partial charge < -0.3 is 14.2 Å². The highest BCUT2D eigenvalue weighted by Crippen LogP contribution is 2.41. The van der Waals surface area contributed by atoms with E-state index in [4.69, 9.17) is 14.2 Å². The first-order valence-corrected chi connectivity index (χ1v) is 7.62. The van der Waals surface area contributed by atoms with Crippen molar-refractivity contribution in [3.8, 4) is 0 Å². The van der Waals surface area contributed by atoms with E-state index in [2.05, 4.69) is 0 Å². The lowest BCUT2D eigenvalue weighted by molar-refractivity contribution is -0.238. The maximum Gasteiger partial charge on any atom is 0.311 e. The van der Waals surface area contributed by atoms with Gasteiger partial charge in [0.2, 0.25) is 5.79 Å². The molecule has 122 valence electrons. The summed E-state index contributed by atoms with van der Waals surface area (Å²) in [4.78, 5) is 23.9. The van der Waals surface area contributed by atoms with Crippen LogP contribution in [0.3, 0.4) is 0 Å². The van der Waals surface area contributed by atoms with Crippen LogP contribution < -0.4 is 0 Å². The molecule has 0 unspecified atom stereocenters. The van der Waals surface area contributed by atoms with Gasteiger partial charge >= 0.3 is 5.97 Å². The van der Waals surface area contributed by atoms with Crippen molar-refractivity contribution in [3.05, 3.63) is 47.5 Å². The minimum atomic E-state index is -1.07. The topological polar surface area (TPSA) is 61.8 Å². The fraction of sp³-hybridized carbons (Fsp3) is 0.444. The van der Waals surface area contributed by atoms with Crippen molar-refractivity contribution in [2.75, 3.05) is 6.61 Å². The van der Waals surface area contributed by atoms with Crippen molar-refractivity contribution in [1.29, 1.82) is 0 Å². The smallest absolute Gasteiger partial charge is 0.311 e. The van der Waals surface area contributed by atoms with Gasteiger partial charge in [0, 0.05) is 5.56 Å². The Morgan fingerprint density at radius 2 is 2.09 bits per heavy atom. The third kappa shape index (κ3) is 2.94. The molecule has 0 fully saturated rings. The van der Waals surface area contributed by atoms with Crippen LogP contribution in [0.5, 0.6) is 0 Å². The molecular formula is C18H20O5. The fourth-order valence-corrected chi connectivity index (χ4v) is 2.58. The maximum atomic E-state index is 12.0. The van der Waals surface area contributed by atoms with Crippen LogP contribution in [0, 0.1) is 5.41 Å². The van der Waals surface area contributed by atoms with E-state index in [-0.39, 0.29) is 18.4 Å². The summed E-state index contributed by atoms with van der Waals surface area (Å²) in [6, 6.07) is 7.71. The number of carbonyl (C=O) groups is 2. The Hall–Kier alpha value is -1.98. The molecule has 1 spiro atoms. The number of benzene rings is 1. The van der Waals surface area contributed by atoms with Crippen molar-refractivity contribution >= 4 is 11.8 Å². The fourth-order valence-electron chi connectivity index (χ4n) is 2.58. The van der Waals surface area contributed by atoms with E-state index in [1.165, 1.54) is 6.08 Å². The van der Waals surface area contributed by atoms with Crippen molar-refractivity contribution < 1.29 is 23.8 Å². The summed E-state index contributed by atoms with van der Waals surface area (Å²) in [5, 5.41) is 0. The lowest BCUT2D eigenvalue weighted by Crippen LogP contribution is -2.43. The number of carbonyl (C=O) groups excluding carboxylic acids is 2. The van der Waals surface area contributed by atoms with E-state index < -0.39 is 17.3 Å². The monoisotopic (exact) mass is 316 g/mol. The average Bonchev–Trinajstić information content (AvgIpc) is 2.86. The summed E-state index contributed by atoms with van der Waals surface area (Å²) in [6.45, 7) is 5.58. The predicted molar refractivity (Wildman–Crippen MR) is 82.3 cm³/mol. The zero-order valence-corrected chi connectivity index (χ0v) is 13.5. The van der Waals surface area contributed by atoms with Crippen molar-refractivity contribution in [1.82, 2.24) is 0 Å². The Bertz CT molecular complexity index is 670. The Kier molecular flexibility index (Phi) is 3.86.